The van der Waals surface area contributed by atoms with E-state index in [0.717, 1.165) is 22.7 Å². The molecule has 2 aromatic rings. The number of benzene rings is 1. The molecule has 1 amide bonds. The minimum absolute atomic E-state index is 0.0471. The molecular weight excluding hydrogens is 296 g/mol. The molecule has 1 aromatic carbocycles. The van der Waals surface area contributed by atoms with Crippen LogP contribution < -0.4 is 4.74 Å². The summed E-state index contributed by atoms with van der Waals surface area (Å²) in [6.45, 7) is 4.88. The smallest absolute Gasteiger partial charge is 0.260 e. The van der Waals surface area contributed by atoms with Crippen LogP contribution in [0.1, 0.15) is 36.8 Å². The average molecular weight is 318 g/mol. The number of thiazole rings is 1. The number of ether oxygens (including phenoxy) is 1. The van der Waals surface area contributed by atoms with Crippen LogP contribution in [0.2, 0.25) is 0 Å². The van der Waals surface area contributed by atoms with Crippen LogP contribution >= 0.6 is 11.3 Å². The average Bonchev–Trinajstić information content (AvgIpc) is 3.05. The van der Waals surface area contributed by atoms with E-state index in [4.69, 9.17) is 4.74 Å². The van der Waals surface area contributed by atoms with Crippen LogP contribution in [0.5, 0.6) is 5.75 Å². The second kappa shape index (κ2) is 7.94. The molecule has 0 saturated carbocycles. The lowest BCUT2D eigenvalue weighted by Gasteiger charge is -2.18. The third-order valence-corrected chi connectivity index (χ3v) is 4.46. The minimum Gasteiger partial charge on any atom is -0.483 e. The molecule has 0 spiro atoms. The fourth-order valence-electron chi connectivity index (χ4n) is 2.11. The molecule has 22 heavy (non-hydrogen) atoms. The van der Waals surface area contributed by atoms with Crippen molar-refractivity contribution >= 4 is 17.2 Å². The fourth-order valence-corrected chi connectivity index (χ4v) is 2.78. The first-order valence-electron chi connectivity index (χ1n) is 7.45. The van der Waals surface area contributed by atoms with E-state index in [0.29, 0.717) is 12.5 Å². The van der Waals surface area contributed by atoms with Crippen LogP contribution in [-0.4, -0.2) is 29.4 Å². The highest BCUT2D eigenvalue weighted by atomic mass is 32.1. The SMILES string of the molecule is CCC(C)c1ccccc1OCC(=O)N(C)Cc1nccs1. The molecule has 0 aliphatic heterocycles. The third kappa shape index (κ3) is 4.31. The maximum atomic E-state index is 12.2. The van der Waals surface area contributed by atoms with Gasteiger partial charge in [-0.2, -0.15) is 0 Å². The van der Waals surface area contributed by atoms with Crippen molar-refractivity contribution in [3.63, 3.8) is 0 Å². The largest absolute Gasteiger partial charge is 0.483 e. The van der Waals surface area contributed by atoms with Crippen molar-refractivity contribution in [2.75, 3.05) is 13.7 Å². The summed E-state index contributed by atoms with van der Waals surface area (Å²) in [4.78, 5) is 18.0. The van der Waals surface area contributed by atoms with Crippen LogP contribution in [0.4, 0.5) is 0 Å². The molecule has 0 aliphatic carbocycles. The molecule has 0 bridgehead atoms. The van der Waals surface area contributed by atoms with Gasteiger partial charge in [-0.1, -0.05) is 32.0 Å². The predicted molar refractivity (Wildman–Crippen MR) is 89.2 cm³/mol. The van der Waals surface area contributed by atoms with E-state index in [1.807, 2.05) is 23.6 Å². The zero-order chi connectivity index (χ0) is 15.9. The fraction of sp³-hybridized carbons (Fsp3) is 0.412. The van der Waals surface area contributed by atoms with Gasteiger partial charge in [0.15, 0.2) is 6.61 Å². The Labute approximate surface area is 135 Å². The van der Waals surface area contributed by atoms with Gasteiger partial charge in [0.05, 0.1) is 6.54 Å². The van der Waals surface area contributed by atoms with E-state index in [2.05, 4.69) is 24.9 Å². The van der Waals surface area contributed by atoms with Crippen molar-refractivity contribution in [3.8, 4) is 5.75 Å². The van der Waals surface area contributed by atoms with Gasteiger partial charge in [0.2, 0.25) is 0 Å². The Hall–Kier alpha value is -1.88. The van der Waals surface area contributed by atoms with Crippen molar-refractivity contribution in [1.29, 1.82) is 0 Å². The van der Waals surface area contributed by atoms with E-state index >= 15 is 0 Å². The van der Waals surface area contributed by atoms with Crippen LogP contribution in [0.15, 0.2) is 35.8 Å². The van der Waals surface area contributed by atoms with Gasteiger partial charge in [0.1, 0.15) is 10.8 Å². The lowest BCUT2D eigenvalue weighted by molar-refractivity contribution is -0.132. The molecule has 1 aromatic heterocycles. The summed E-state index contributed by atoms with van der Waals surface area (Å²) in [5, 5.41) is 2.84. The molecule has 1 atom stereocenters. The Morgan fingerprint density at radius 3 is 2.86 bits per heavy atom. The van der Waals surface area contributed by atoms with E-state index in [1.165, 1.54) is 0 Å². The Morgan fingerprint density at radius 2 is 2.18 bits per heavy atom. The highest BCUT2D eigenvalue weighted by molar-refractivity contribution is 7.09. The zero-order valence-corrected chi connectivity index (χ0v) is 14.1. The topological polar surface area (TPSA) is 42.4 Å². The highest BCUT2D eigenvalue weighted by Gasteiger charge is 2.14. The van der Waals surface area contributed by atoms with E-state index < -0.39 is 0 Å². The van der Waals surface area contributed by atoms with Crippen molar-refractivity contribution in [2.24, 2.45) is 0 Å². The van der Waals surface area contributed by atoms with E-state index in [-0.39, 0.29) is 12.5 Å². The van der Waals surface area contributed by atoms with Crippen molar-refractivity contribution in [1.82, 2.24) is 9.88 Å². The van der Waals surface area contributed by atoms with Crippen LogP contribution in [0.3, 0.4) is 0 Å². The predicted octanol–water partition coefficient (Wildman–Crippen LogP) is 3.69. The summed E-state index contributed by atoms with van der Waals surface area (Å²) in [6, 6.07) is 7.93. The summed E-state index contributed by atoms with van der Waals surface area (Å²) >= 11 is 1.55. The number of amides is 1. The third-order valence-electron chi connectivity index (χ3n) is 3.70. The minimum atomic E-state index is -0.0471. The summed E-state index contributed by atoms with van der Waals surface area (Å²) in [5.41, 5.74) is 1.15. The molecule has 0 N–H and O–H groups in total. The van der Waals surface area contributed by atoms with Gasteiger partial charge >= 0.3 is 0 Å². The number of rotatable bonds is 7. The standard InChI is InChI=1S/C17H22N2O2S/c1-4-13(2)14-7-5-6-8-15(14)21-12-17(20)19(3)11-16-18-9-10-22-16/h5-10,13H,4,11-12H2,1-3H3. The number of nitrogens with zero attached hydrogens (tertiary/aromatic N) is 2. The molecule has 5 heteroatoms. The molecule has 118 valence electrons. The summed E-state index contributed by atoms with van der Waals surface area (Å²) in [5.74, 6) is 1.17. The van der Waals surface area contributed by atoms with Crippen molar-refractivity contribution in [3.05, 3.63) is 46.4 Å². The summed E-state index contributed by atoms with van der Waals surface area (Å²) in [7, 11) is 1.77. The lowest BCUT2D eigenvalue weighted by Crippen LogP contribution is -2.31. The van der Waals surface area contributed by atoms with Crippen LogP contribution in [0, 0.1) is 0 Å². The van der Waals surface area contributed by atoms with Gasteiger partial charge in [0, 0.05) is 18.6 Å². The first-order chi connectivity index (χ1) is 10.6. The van der Waals surface area contributed by atoms with Gasteiger partial charge in [-0.05, 0) is 24.0 Å². The Bertz CT molecular complexity index is 598. The lowest BCUT2D eigenvalue weighted by atomic mass is 9.98. The van der Waals surface area contributed by atoms with Gasteiger partial charge in [0.25, 0.3) is 5.91 Å². The molecule has 1 heterocycles. The molecule has 0 saturated heterocycles. The zero-order valence-electron chi connectivity index (χ0n) is 13.3. The van der Waals surface area contributed by atoms with Crippen molar-refractivity contribution in [2.45, 2.75) is 32.7 Å². The second-order valence-corrected chi connectivity index (χ2v) is 6.29. The van der Waals surface area contributed by atoms with Crippen LogP contribution in [-0.2, 0) is 11.3 Å². The van der Waals surface area contributed by atoms with Gasteiger partial charge in [-0.25, -0.2) is 4.98 Å². The monoisotopic (exact) mass is 318 g/mol. The first kappa shape index (κ1) is 16.5. The highest BCUT2D eigenvalue weighted by Crippen LogP contribution is 2.28. The summed E-state index contributed by atoms with van der Waals surface area (Å²) in [6.07, 6.45) is 2.79. The molecule has 0 radical (unpaired) electrons. The van der Waals surface area contributed by atoms with E-state index in [1.54, 1.807) is 29.5 Å². The molecule has 2 rings (SSSR count). The number of para-hydroxylation sites is 1. The number of likely N-dealkylation sites (N-methyl/N-ethyl adjacent to an activating group) is 1. The number of hydrogen-bond acceptors (Lipinski definition) is 4. The van der Waals surface area contributed by atoms with Gasteiger partial charge in [-0.15, -0.1) is 11.3 Å². The maximum absolute atomic E-state index is 12.2. The normalized spacial score (nSPS) is 12.0. The number of carbonyl (C=O) groups excluding carboxylic acids is 1. The Kier molecular flexibility index (Phi) is 5.95. The van der Waals surface area contributed by atoms with Crippen LogP contribution in [0.25, 0.3) is 0 Å². The number of hydrogen-bond donors (Lipinski definition) is 0. The van der Waals surface area contributed by atoms with E-state index in [9.17, 15) is 4.79 Å². The number of aromatic nitrogens is 1. The quantitative estimate of drug-likeness (QED) is 0.782. The molecular formula is C17H22N2O2S. The van der Waals surface area contributed by atoms with Gasteiger partial charge < -0.3 is 9.64 Å². The molecule has 0 fully saturated rings. The molecule has 0 aliphatic rings. The first-order valence-corrected chi connectivity index (χ1v) is 8.33. The Morgan fingerprint density at radius 1 is 1.41 bits per heavy atom. The second-order valence-electron chi connectivity index (χ2n) is 5.31. The molecule has 4 nitrogen and oxygen atoms in total. The summed E-state index contributed by atoms with van der Waals surface area (Å²) < 4.78 is 5.75. The Balaban J connectivity index is 1.93. The molecule has 1 unspecified atom stereocenters. The number of carbonyl (C=O) groups is 1. The maximum Gasteiger partial charge on any atom is 0.260 e. The van der Waals surface area contributed by atoms with Gasteiger partial charge in [-0.3, -0.25) is 4.79 Å². The van der Waals surface area contributed by atoms with Crippen molar-refractivity contribution < 1.29 is 9.53 Å².